The molecule has 0 bridgehead atoms. The number of halogens is 1. The fraction of sp³-hybridized carbons (Fsp3) is 0.462. The molecule has 0 fully saturated rings. The van der Waals surface area contributed by atoms with Crippen LogP contribution < -0.4 is 4.74 Å². The van der Waals surface area contributed by atoms with Gasteiger partial charge in [-0.15, -0.1) is 0 Å². The number of methoxy groups -OCH3 is 1. The number of Topliss-reactive ketones (excluding diaryl/α,β-unsaturated/α-hetero) is 1. The van der Waals surface area contributed by atoms with Crippen molar-refractivity contribution in [2.75, 3.05) is 7.11 Å². The van der Waals surface area contributed by atoms with Gasteiger partial charge in [0.25, 0.3) is 0 Å². The van der Waals surface area contributed by atoms with E-state index >= 15 is 0 Å². The Morgan fingerprint density at radius 2 is 2.19 bits per heavy atom. The number of carbonyl (C=O) groups excluding carboxylic acids is 1. The molecule has 16 heavy (non-hydrogen) atoms. The van der Waals surface area contributed by atoms with Crippen molar-refractivity contribution in [2.24, 2.45) is 5.92 Å². The number of ether oxygens (including phenoxy) is 1. The molecule has 0 spiro atoms. The minimum absolute atomic E-state index is 0.0493. The van der Waals surface area contributed by atoms with Crippen LogP contribution in [0.25, 0.3) is 0 Å². The average molecular weight is 285 g/mol. The monoisotopic (exact) mass is 284 g/mol. The molecule has 1 aromatic rings. The van der Waals surface area contributed by atoms with E-state index < -0.39 is 0 Å². The molecule has 1 unspecified atom stereocenters. The van der Waals surface area contributed by atoms with Gasteiger partial charge in [-0.05, 0) is 30.2 Å². The molecule has 1 atom stereocenters. The lowest BCUT2D eigenvalue weighted by molar-refractivity contribution is -0.122. The second-order valence-corrected chi connectivity index (χ2v) is 4.80. The van der Waals surface area contributed by atoms with Gasteiger partial charge in [0.05, 0.1) is 7.11 Å². The minimum Gasteiger partial charge on any atom is -0.496 e. The van der Waals surface area contributed by atoms with Crippen LogP contribution in [0, 0.1) is 5.92 Å². The Hall–Kier alpha value is -0.830. The molecule has 3 heteroatoms. The van der Waals surface area contributed by atoms with Gasteiger partial charge in [-0.2, -0.15) is 0 Å². The highest BCUT2D eigenvalue weighted by molar-refractivity contribution is 9.10. The Morgan fingerprint density at radius 1 is 1.50 bits per heavy atom. The molecule has 0 heterocycles. The second-order valence-electron chi connectivity index (χ2n) is 3.88. The van der Waals surface area contributed by atoms with Crippen molar-refractivity contribution in [3.05, 3.63) is 28.2 Å². The summed E-state index contributed by atoms with van der Waals surface area (Å²) in [5, 5.41) is 0. The Balaban J connectivity index is 2.86. The summed E-state index contributed by atoms with van der Waals surface area (Å²) in [6.45, 7) is 3.86. The highest BCUT2D eigenvalue weighted by Crippen LogP contribution is 2.25. The van der Waals surface area contributed by atoms with Crippen molar-refractivity contribution >= 4 is 21.7 Å². The van der Waals surface area contributed by atoms with Crippen LogP contribution in [-0.4, -0.2) is 12.9 Å². The van der Waals surface area contributed by atoms with E-state index in [1.807, 2.05) is 32.0 Å². The van der Waals surface area contributed by atoms with E-state index in [2.05, 4.69) is 15.9 Å². The molecule has 1 aromatic carbocycles. The number of carbonyl (C=O) groups is 1. The number of hydrogen-bond donors (Lipinski definition) is 0. The first-order chi connectivity index (χ1) is 7.58. The topological polar surface area (TPSA) is 26.3 Å². The molecule has 0 radical (unpaired) electrons. The maximum absolute atomic E-state index is 11.5. The first-order valence-electron chi connectivity index (χ1n) is 5.43. The number of hydrogen-bond acceptors (Lipinski definition) is 2. The van der Waals surface area contributed by atoms with Gasteiger partial charge in [0.2, 0.25) is 0 Å². The summed E-state index contributed by atoms with van der Waals surface area (Å²) in [6, 6.07) is 5.87. The molecular weight excluding hydrogens is 268 g/mol. The van der Waals surface area contributed by atoms with Crippen molar-refractivity contribution in [2.45, 2.75) is 26.7 Å². The molecule has 0 saturated carbocycles. The van der Waals surface area contributed by atoms with Gasteiger partial charge in [-0.25, -0.2) is 0 Å². The summed E-state index contributed by atoms with van der Waals surface area (Å²) >= 11 is 3.43. The van der Waals surface area contributed by atoms with Crippen LogP contribution in [0.4, 0.5) is 0 Å². The van der Waals surface area contributed by atoms with Gasteiger partial charge < -0.3 is 4.74 Å². The average Bonchev–Trinajstić information content (AvgIpc) is 2.28. The van der Waals surface area contributed by atoms with E-state index in [4.69, 9.17) is 4.74 Å². The van der Waals surface area contributed by atoms with Crippen molar-refractivity contribution in [3.8, 4) is 5.75 Å². The van der Waals surface area contributed by atoms with Crippen LogP contribution in [0.5, 0.6) is 5.75 Å². The molecule has 0 aliphatic carbocycles. The lowest BCUT2D eigenvalue weighted by atomic mass is 9.95. The highest BCUT2D eigenvalue weighted by Gasteiger charge is 2.14. The number of benzene rings is 1. The van der Waals surface area contributed by atoms with Crippen molar-refractivity contribution in [3.63, 3.8) is 0 Å². The SMILES string of the molecule is CCC(=O)C(C)Cc1cc(Br)ccc1OC. The number of ketones is 1. The second kappa shape index (κ2) is 6.04. The van der Waals surface area contributed by atoms with Crippen LogP contribution in [0.15, 0.2) is 22.7 Å². The molecule has 0 N–H and O–H groups in total. The molecule has 0 amide bonds. The Morgan fingerprint density at radius 3 is 2.75 bits per heavy atom. The van der Waals surface area contributed by atoms with Crippen LogP contribution in [0.3, 0.4) is 0 Å². The van der Waals surface area contributed by atoms with Crippen molar-refractivity contribution in [1.82, 2.24) is 0 Å². The molecule has 2 nitrogen and oxygen atoms in total. The van der Waals surface area contributed by atoms with Crippen LogP contribution in [-0.2, 0) is 11.2 Å². The molecule has 0 aromatic heterocycles. The van der Waals surface area contributed by atoms with E-state index in [0.29, 0.717) is 12.2 Å². The summed E-state index contributed by atoms with van der Waals surface area (Å²) in [5.74, 6) is 1.19. The molecule has 0 aliphatic heterocycles. The lowest BCUT2D eigenvalue weighted by Gasteiger charge is -2.13. The van der Waals surface area contributed by atoms with Crippen molar-refractivity contribution < 1.29 is 9.53 Å². The zero-order valence-corrected chi connectivity index (χ0v) is 11.5. The highest BCUT2D eigenvalue weighted by atomic mass is 79.9. The lowest BCUT2D eigenvalue weighted by Crippen LogP contribution is -2.12. The minimum atomic E-state index is 0.0493. The third-order valence-electron chi connectivity index (χ3n) is 2.67. The molecular formula is C13H17BrO2. The van der Waals surface area contributed by atoms with E-state index in [0.717, 1.165) is 22.2 Å². The van der Waals surface area contributed by atoms with Gasteiger partial charge in [-0.3, -0.25) is 4.79 Å². The van der Waals surface area contributed by atoms with Gasteiger partial charge in [-0.1, -0.05) is 29.8 Å². The first-order valence-corrected chi connectivity index (χ1v) is 6.22. The zero-order valence-electron chi connectivity index (χ0n) is 9.92. The van der Waals surface area contributed by atoms with E-state index in [-0.39, 0.29) is 5.92 Å². The Bertz CT molecular complexity index is 374. The standard InChI is InChI=1S/C13H17BrO2/c1-4-12(15)9(2)7-10-8-11(14)5-6-13(10)16-3/h5-6,8-9H,4,7H2,1-3H3. The van der Waals surface area contributed by atoms with E-state index in [1.54, 1.807) is 7.11 Å². The molecule has 0 aliphatic rings. The summed E-state index contributed by atoms with van der Waals surface area (Å²) in [6.07, 6.45) is 1.33. The van der Waals surface area contributed by atoms with Gasteiger partial charge in [0, 0.05) is 16.8 Å². The predicted octanol–water partition coefficient (Wildman–Crippen LogP) is 3.62. The third kappa shape index (κ3) is 3.34. The zero-order chi connectivity index (χ0) is 12.1. The summed E-state index contributed by atoms with van der Waals surface area (Å²) in [7, 11) is 1.65. The summed E-state index contributed by atoms with van der Waals surface area (Å²) in [5.41, 5.74) is 1.08. The van der Waals surface area contributed by atoms with Crippen LogP contribution in [0.2, 0.25) is 0 Å². The van der Waals surface area contributed by atoms with Gasteiger partial charge in [0.1, 0.15) is 11.5 Å². The Kier molecular flexibility index (Phi) is 5.00. The first kappa shape index (κ1) is 13.2. The fourth-order valence-electron chi connectivity index (χ4n) is 1.70. The van der Waals surface area contributed by atoms with Gasteiger partial charge in [0.15, 0.2) is 0 Å². The molecule has 1 rings (SSSR count). The smallest absolute Gasteiger partial charge is 0.135 e. The predicted molar refractivity (Wildman–Crippen MR) is 68.9 cm³/mol. The number of rotatable bonds is 5. The molecule has 88 valence electrons. The summed E-state index contributed by atoms with van der Waals surface area (Å²) < 4.78 is 6.30. The van der Waals surface area contributed by atoms with E-state index in [1.165, 1.54) is 0 Å². The normalized spacial score (nSPS) is 12.2. The van der Waals surface area contributed by atoms with Gasteiger partial charge >= 0.3 is 0 Å². The summed E-state index contributed by atoms with van der Waals surface area (Å²) in [4.78, 5) is 11.5. The van der Waals surface area contributed by atoms with Crippen molar-refractivity contribution in [1.29, 1.82) is 0 Å². The Labute approximate surface area is 105 Å². The third-order valence-corrected chi connectivity index (χ3v) is 3.16. The largest absolute Gasteiger partial charge is 0.496 e. The maximum Gasteiger partial charge on any atom is 0.135 e. The maximum atomic E-state index is 11.5. The quantitative estimate of drug-likeness (QED) is 0.826. The van der Waals surface area contributed by atoms with Crippen LogP contribution >= 0.6 is 15.9 Å². The van der Waals surface area contributed by atoms with E-state index in [9.17, 15) is 4.79 Å². The van der Waals surface area contributed by atoms with Crippen LogP contribution in [0.1, 0.15) is 25.8 Å². The molecule has 0 saturated heterocycles. The fourth-order valence-corrected chi connectivity index (χ4v) is 2.11.